The van der Waals surface area contributed by atoms with Crippen molar-refractivity contribution in [1.29, 1.82) is 0 Å². The fourth-order valence-corrected chi connectivity index (χ4v) is 7.92. The Morgan fingerprint density at radius 1 is 1.15 bits per heavy atom. The van der Waals surface area contributed by atoms with Gasteiger partial charge in [0, 0.05) is 29.6 Å². The van der Waals surface area contributed by atoms with Crippen molar-refractivity contribution in [2.24, 2.45) is 34.5 Å². The maximum absolute atomic E-state index is 11.1. The molecule has 27 heavy (non-hydrogen) atoms. The van der Waals surface area contributed by atoms with E-state index in [1.807, 2.05) is 0 Å². The first-order chi connectivity index (χ1) is 13.0. The highest BCUT2D eigenvalue weighted by atomic mass is 16.5. The molecule has 0 amide bonds. The maximum Gasteiger partial charge on any atom is 0.0642 e. The standard InChI is InChI=1S/C24H37NO2/c1-16-15-17-5-4-6-21(26)24(17,3)19-9-10-23(2)18(22(16)19)7-8-20(23)25-11-13-27-14-12-25/h8,15-16,18-19,21-22,26H,4-7,9-14H2,1-3H3/t16?,18-,19-,21?,22-,23-,24-/m0/s1. The third kappa shape index (κ3) is 2.46. The van der Waals surface area contributed by atoms with Crippen LogP contribution in [0.4, 0.5) is 0 Å². The molecule has 2 unspecified atom stereocenters. The number of hydrogen-bond donors (Lipinski definition) is 1. The van der Waals surface area contributed by atoms with Crippen molar-refractivity contribution in [2.75, 3.05) is 26.3 Å². The summed E-state index contributed by atoms with van der Waals surface area (Å²) >= 11 is 0. The van der Waals surface area contributed by atoms with Gasteiger partial charge in [-0.3, -0.25) is 0 Å². The number of rotatable bonds is 1. The fourth-order valence-electron chi connectivity index (χ4n) is 7.92. The number of morpholine rings is 1. The summed E-state index contributed by atoms with van der Waals surface area (Å²) in [5, 5.41) is 11.1. The average molecular weight is 372 g/mol. The SMILES string of the molecule is CC1C=C2CCCC(O)[C@]2(C)[C@H]2CC[C@]3(C)C(N4CCOCC4)=CC[C@H]3[C@H]12. The normalized spacial score (nSPS) is 49.6. The molecule has 1 saturated heterocycles. The van der Waals surface area contributed by atoms with E-state index in [0.29, 0.717) is 23.2 Å². The number of fused-ring (bicyclic) bond motifs is 5. The molecule has 5 rings (SSSR count). The smallest absolute Gasteiger partial charge is 0.0642 e. The summed E-state index contributed by atoms with van der Waals surface area (Å²) in [6.07, 6.45) is 12.2. The molecule has 0 aromatic rings. The number of ether oxygens (including phenoxy) is 1. The number of allylic oxidation sites excluding steroid dienone is 3. The van der Waals surface area contributed by atoms with E-state index in [-0.39, 0.29) is 11.5 Å². The van der Waals surface area contributed by atoms with E-state index in [2.05, 4.69) is 37.8 Å². The lowest BCUT2D eigenvalue weighted by atomic mass is 9.45. The Kier molecular flexibility index (Phi) is 4.29. The van der Waals surface area contributed by atoms with Crippen LogP contribution in [0.3, 0.4) is 0 Å². The molecule has 5 aliphatic rings. The summed E-state index contributed by atoms with van der Waals surface area (Å²) in [6, 6.07) is 0. The van der Waals surface area contributed by atoms with Gasteiger partial charge < -0.3 is 14.7 Å². The van der Waals surface area contributed by atoms with E-state index in [0.717, 1.165) is 45.1 Å². The molecule has 1 heterocycles. The lowest BCUT2D eigenvalue weighted by Gasteiger charge is -2.60. The van der Waals surface area contributed by atoms with E-state index in [4.69, 9.17) is 4.74 Å². The third-order valence-electron chi connectivity index (χ3n) is 9.37. The van der Waals surface area contributed by atoms with Gasteiger partial charge in [-0.25, -0.2) is 0 Å². The predicted octanol–water partition coefficient (Wildman–Crippen LogP) is 4.38. The molecule has 4 aliphatic carbocycles. The predicted molar refractivity (Wildman–Crippen MR) is 108 cm³/mol. The molecular weight excluding hydrogens is 334 g/mol. The molecule has 1 N–H and O–H groups in total. The van der Waals surface area contributed by atoms with E-state index in [1.165, 1.54) is 25.7 Å². The second-order valence-electron chi connectivity index (χ2n) is 10.4. The summed E-state index contributed by atoms with van der Waals surface area (Å²) < 4.78 is 5.61. The van der Waals surface area contributed by atoms with Gasteiger partial charge in [0.05, 0.1) is 19.3 Å². The van der Waals surface area contributed by atoms with Crippen LogP contribution in [0.25, 0.3) is 0 Å². The van der Waals surface area contributed by atoms with Crippen molar-refractivity contribution in [1.82, 2.24) is 4.90 Å². The van der Waals surface area contributed by atoms with Crippen LogP contribution in [0.15, 0.2) is 23.4 Å². The Labute approximate surface area is 164 Å². The Morgan fingerprint density at radius 3 is 2.70 bits per heavy atom. The van der Waals surface area contributed by atoms with E-state index < -0.39 is 0 Å². The molecule has 1 aliphatic heterocycles. The molecule has 2 saturated carbocycles. The largest absolute Gasteiger partial charge is 0.392 e. The molecular formula is C24H37NO2. The summed E-state index contributed by atoms with van der Waals surface area (Å²) in [5.74, 6) is 2.73. The number of nitrogens with zero attached hydrogens (tertiary/aromatic N) is 1. The van der Waals surface area contributed by atoms with Crippen LogP contribution in [0.5, 0.6) is 0 Å². The second kappa shape index (κ2) is 6.35. The minimum Gasteiger partial charge on any atom is -0.392 e. The van der Waals surface area contributed by atoms with Gasteiger partial charge in [-0.05, 0) is 62.2 Å². The van der Waals surface area contributed by atoms with Gasteiger partial charge in [-0.15, -0.1) is 0 Å². The van der Waals surface area contributed by atoms with E-state index in [1.54, 1.807) is 11.3 Å². The van der Waals surface area contributed by atoms with Crippen molar-refractivity contribution >= 4 is 0 Å². The van der Waals surface area contributed by atoms with Crippen LogP contribution in [0.1, 0.15) is 59.3 Å². The van der Waals surface area contributed by atoms with Crippen molar-refractivity contribution < 1.29 is 9.84 Å². The highest BCUT2D eigenvalue weighted by Gasteiger charge is 2.60. The molecule has 0 aromatic heterocycles. The first kappa shape index (κ1) is 18.2. The Bertz CT molecular complexity index is 663. The second-order valence-corrected chi connectivity index (χ2v) is 10.4. The van der Waals surface area contributed by atoms with Crippen LogP contribution in [-0.2, 0) is 4.74 Å². The maximum atomic E-state index is 11.1. The van der Waals surface area contributed by atoms with E-state index >= 15 is 0 Å². The molecule has 0 aromatic carbocycles. The number of aliphatic hydroxyl groups is 1. The zero-order valence-corrected chi connectivity index (χ0v) is 17.4. The van der Waals surface area contributed by atoms with Gasteiger partial charge in [0.25, 0.3) is 0 Å². The van der Waals surface area contributed by atoms with Crippen LogP contribution in [0, 0.1) is 34.5 Å². The first-order valence-electron chi connectivity index (χ1n) is 11.4. The van der Waals surface area contributed by atoms with Crippen molar-refractivity contribution in [3.63, 3.8) is 0 Å². The van der Waals surface area contributed by atoms with Crippen LogP contribution < -0.4 is 0 Å². The molecule has 0 spiro atoms. The molecule has 3 heteroatoms. The lowest BCUT2D eigenvalue weighted by Crippen LogP contribution is -2.56. The van der Waals surface area contributed by atoms with Gasteiger partial charge in [-0.1, -0.05) is 38.5 Å². The van der Waals surface area contributed by atoms with Crippen molar-refractivity contribution in [2.45, 2.75) is 65.4 Å². The molecule has 7 atom stereocenters. The highest BCUT2D eigenvalue weighted by Crippen LogP contribution is 2.66. The third-order valence-corrected chi connectivity index (χ3v) is 9.37. The number of aliphatic hydroxyl groups excluding tert-OH is 1. The summed E-state index contributed by atoms with van der Waals surface area (Å²) in [7, 11) is 0. The summed E-state index contributed by atoms with van der Waals surface area (Å²) in [6.45, 7) is 11.3. The topological polar surface area (TPSA) is 32.7 Å². The van der Waals surface area contributed by atoms with Gasteiger partial charge in [0.1, 0.15) is 0 Å². The molecule has 150 valence electrons. The zero-order valence-electron chi connectivity index (χ0n) is 17.4. The van der Waals surface area contributed by atoms with E-state index in [9.17, 15) is 5.11 Å². The van der Waals surface area contributed by atoms with Crippen molar-refractivity contribution in [3.05, 3.63) is 23.4 Å². The Morgan fingerprint density at radius 2 is 1.93 bits per heavy atom. The van der Waals surface area contributed by atoms with Crippen LogP contribution in [0.2, 0.25) is 0 Å². The highest BCUT2D eigenvalue weighted by molar-refractivity contribution is 5.31. The number of hydrogen-bond acceptors (Lipinski definition) is 3. The van der Waals surface area contributed by atoms with Crippen LogP contribution >= 0.6 is 0 Å². The fraction of sp³-hybridized carbons (Fsp3) is 0.833. The lowest BCUT2D eigenvalue weighted by molar-refractivity contribution is -0.0954. The van der Waals surface area contributed by atoms with Gasteiger partial charge >= 0.3 is 0 Å². The summed E-state index contributed by atoms with van der Waals surface area (Å²) in [4.78, 5) is 2.62. The van der Waals surface area contributed by atoms with Gasteiger partial charge in [-0.2, -0.15) is 0 Å². The monoisotopic (exact) mass is 371 g/mol. The van der Waals surface area contributed by atoms with Gasteiger partial charge in [0.15, 0.2) is 0 Å². The molecule has 3 nitrogen and oxygen atoms in total. The molecule has 0 bridgehead atoms. The van der Waals surface area contributed by atoms with Crippen LogP contribution in [-0.4, -0.2) is 42.4 Å². The quantitative estimate of drug-likeness (QED) is 0.694. The average Bonchev–Trinajstić information content (AvgIpc) is 3.02. The summed E-state index contributed by atoms with van der Waals surface area (Å²) in [5.41, 5.74) is 3.54. The zero-order chi connectivity index (χ0) is 18.8. The Balaban J connectivity index is 1.48. The Hall–Kier alpha value is -0.800. The minimum absolute atomic E-state index is 0.0263. The molecule has 3 fully saturated rings. The first-order valence-corrected chi connectivity index (χ1v) is 11.4. The van der Waals surface area contributed by atoms with Crippen molar-refractivity contribution in [3.8, 4) is 0 Å². The molecule has 0 radical (unpaired) electrons. The van der Waals surface area contributed by atoms with Gasteiger partial charge in [0.2, 0.25) is 0 Å². The minimum atomic E-state index is -0.144.